The minimum Gasteiger partial charge on any atom is -0.348 e. The summed E-state index contributed by atoms with van der Waals surface area (Å²) in [4.78, 5) is 34.2. The van der Waals surface area contributed by atoms with Crippen molar-refractivity contribution in [2.75, 3.05) is 13.1 Å². The molecule has 29 heavy (non-hydrogen) atoms. The number of aromatic amines is 1. The highest BCUT2D eigenvalue weighted by atomic mass is 16.2. The van der Waals surface area contributed by atoms with E-state index >= 15 is 0 Å². The number of para-hydroxylation sites is 1. The van der Waals surface area contributed by atoms with Crippen LogP contribution in [0, 0.1) is 6.92 Å². The molecule has 0 aliphatic carbocycles. The Balaban J connectivity index is 1.66. The minimum absolute atomic E-state index is 0.0135. The summed E-state index contributed by atoms with van der Waals surface area (Å²) in [5.74, 6) is 0.524. The second-order valence-corrected chi connectivity index (χ2v) is 7.27. The molecule has 3 aromatic rings. The number of nitrogens with zero attached hydrogens (tertiary/aromatic N) is 2. The van der Waals surface area contributed by atoms with Gasteiger partial charge in [-0.1, -0.05) is 55.8 Å². The fourth-order valence-electron chi connectivity index (χ4n) is 3.36. The highest BCUT2D eigenvalue weighted by molar-refractivity contribution is 5.78. The van der Waals surface area contributed by atoms with Gasteiger partial charge < -0.3 is 10.3 Å². The summed E-state index contributed by atoms with van der Waals surface area (Å²) in [6.45, 7) is 7.43. The van der Waals surface area contributed by atoms with Crippen molar-refractivity contribution >= 4 is 16.8 Å². The van der Waals surface area contributed by atoms with Crippen LogP contribution in [0.3, 0.4) is 0 Å². The normalized spacial score (nSPS) is 12.3. The third-order valence-electron chi connectivity index (χ3n) is 5.07. The van der Waals surface area contributed by atoms with Gasteiger partial charge in [0.25, 0.3) is 5.56 Å². The number of hydrogen-bond donors (Lipinski definition) is 2. The topological polar surface area (TPSA) is 78.1 Å². The molecule has 6 heteroatoms. The van der Waals surface area contributed by atoms with Crippen molar-refractivity contribution in [2.45, 2.75) is 39.8 Å². The summed E-state index contributed by atoms with van der Waals surface area (Å²) in [5.41, 5.74) is 2.81. The van der Waals surface area contributed by atoms with E-state index in [1.54, 1.807) is 6.07 Å². The second-order valence-electron chi connectivity index (χ2n) is 7.27. The van der Waals surface area contributed by atoms with Crippen LogP contribution in [-0.2, 0) is 11.3 Å². The Kier molecular flexibility index (Phi) is 6.77. The highest BCUT2D eigenvalue weighted by Crippen LogP contribution is 2.17. The Bertz CT molecular complexity index is 1030. The lowest BCUT2D eigenvalue weighted by molar-refractivity contribution is -0.123. The third kappa shape index (κ3) is 5.29. The Morgan fingerprint density at radius 2 is 1.86 bits per heavy atom. The quantitative estimate of drug-likeness (QED) is 0.616. The van der Waals surface area contributed by atoms with Gasteiger partial charge in [-0.25, -0.2) is 4.98 Å². The lowest BCUT2D eigenvalue weighted by Crippen LogP contribution is -2.39. The number of aromatic nitrogens is 2. The Labute approximate surface area is 171 Å². The van der Waals surface area contributed by atoms with E-state index in [-0.39, 0.29) is 24.1 Å². The first-order valence-electron chi connectivity index (χ1n) is 10.1. The van der Waals surface area contributed by atoms with Crippen LogP contribution >= 0.6 is 0 Å². The molecule has 2 N–H and O–H groups in total. The number of fused-ring (bicyclic) bond motifs is 1. The summed E-state index contributed by atoms with van der Waals surface area (Å²) in [7, 11) is 0. The molecule has 0 aliphatic rings. The molecular formula is C23H28N4O2. The average molecular weight is 393 g/mol. The number of nitrogens with one attached hydrogen (secondary N) is 2. The van der Waals surface area contributed by atoms with E-state index in [2.05, 4.69) is 46.5 Å². The smallest absolute Gasteiger partial charge is 0.258 e. The Hall–Kier alpha value is -2.99. The fourth-order valence-corrected chi connectivity index (χ4v) is 3.36. The van der Waals surface area contributed by atoms with Crippen LogP contribution < -0.4 is 10.9 Å². The molecule has 1 amide bonds. The van der Waals surface area contributed by atoms with Gasteiger partial charge in [0.1, 0.15) is 5.82 Å². The molecule has 1 aromatic heterocycles. The molecule has 6 nitrogen and oxygen atoms in total. The molecule has 0 unspecified atom stereocenters. The van der Waals surface area contributed by atoms with Gasteiger partial charge in [0.05, 0.1) is 30.0 Å². The van der Waals surface area contributed by atoms with Crippen LogP contribution in [0.25, 0.3) is 10.9 Å². The van der Waals surface area contributed by atoms with Gasteiger partial charge in [0, 0.05) is 0 Å². The molecule has 3 rings (SSSR count). The summed E-state index contributed by atoms with van der Waals surface area (Å²) in [6, 6.07) is 15.5. The van der Waals surface area contributed by atoms with Gasteiger partial charge in [-0.2, -0.15) is 0 Å². The summed E-state index contributed by atoms with van der Waals surface area (Å²) in [5, 5.41) is 3.69. The second kappa shape index (κ2) is 9.47. The van der Waals surface area contributed by atoms with Crippen molar-refractivity contribution in [3.05, 3.63) is 75.8 Å². The van der Waals surface area contributed by atoms with Gasteiger partial charge in [-0.3, -0.25) is 14.5 Å². The molecule has 0 spiro atoms. The first kappa shape index (κ1) is 20.7. The van der Waals surface area contributed by atoms with E-state index in [1.165, 1.54) is 5.56 Å². The number of aryl methyl sites for hydroxylation is 1. The number of hydrogen-bond acceptors (Lipinski definition) is 4. The summed E-state index contributed by atoms with van der Waals surface area (Å²) < 4.78 is 0. The maximum absolute atomic E-state index is 12.6. The largest absolute Gasteiger partial charge is 0.348 e. The molecule has 0 saturated heterocycles. The third-order valence-corrected chi connectivity index (χ3v) is 5.07. The fraction of sp³-hybridized carbons (Fsp3) is 0.348. The molecule has 1 atom stereocenters. The first-order valence-corrected chi connectivity index (χ1v) is 10.1. The minimum atomic E-state index is -0.156. The molecule has 152 valence electrons. The molecule has 1 heterocycles. The van der Waals surface area contributed by atoms with Crippen LogP contribution in [0.5, 0.6) is 0 Å². The van der Waals surface area contributed by atoms with Crippen LogP contribution in [0.2, 0.25) is 0 Å². The number of benzene rings is 2. The maximum Gasteiger partial charge on any atom is 0.258 e. The van der Waals surface area contributed by atoms with Crippen molar-refractivity contribution < 1.29 is 4.79 Å². The summed E-state index contributed by atoms with van der Waals surface area (Å²) >= 11 is 0. The van der Waals surface area contributed by atoms with Crippen molar-refractivity contribution in [1.82, 2.24) is 20.2 Å². The van der Waals surface area contributed by atoms with Crippen molar-refractivity contribution in [2.24, 2.45) is 0 Å². The summed E-state index contributed by atoms with van der Waals surface area (Å²) in [6.07, 6.45) is 0.820. The van der Waals surface area contributed by atoms with Gasteiger partial charge >= 0.3 is 0 Å². The lowest BCUT2D eigenvalue weighted by Gasteiger charge is -2.22. The molecule has 0 radical (unpaired) electrons. The van der Waals surface area contributed by atoms with Crippen LogP contribution in [-0.4, -0.2) is 33.9 Å². The lowest BCUT2D eigenvalue weighted by atomic mass is 10.0. The van der Waals surface area contributed by atoms with Crippen molar-refractivity contribution in [3.63, 3.8) is 0 Å². The van der Waals surface area contributed by atoms with Crippen LogP contribution in [0.4, 0.5) is 0 Å². The van der Waals surface area contributed by atoms with E-state index in [4.69, 9.17) is 0 Å². The highest BCUT2D eigenvalue weighted by Gasteiger charge is 2.16. The molecule has 2 aromatic carbocycles. The average Bonchev–Trinajstić information content (AvgIpc) is 2.72. The predicted octanol–water partition coefficient (Wildman–Crippen LogP) is 3.32. The zero-order valence-corrected chi connectivity index (χ0v) is 17.2. The number of amides is 1. The number of carbonyl (C=O) groups is 1. The standard InChI is InChI=1S/C23H28N4O2/c1-4-19(17-12-10-16(3)11-13-17)25-22(28)15-27(5-2)14-21-24-20-9-7-6-8-18(20)23(29)26-21/h6-13,19H,4-5,14-15H2,1-3H3,(H,25,28)(H,24,26,29)/t19-/m1/s1. The zero-order valence-electron chi connectivity index (χ0n) is 17.2. The van der Waals surface area contributed by atoms with Crippen molar-refractivity contribution in [1.29, 1.82) is 0 Å². The number of H-pyrrole nitrogens is 1. The maximum atomic E-state index is 12.6. The first-order chi connectivity index (χ1) is 14.0. The van der Waals surface area contributed by atoms with Crippen LogP contribution in [0.15, 0.2) is 53.3 Å². The van der Waals surface area contributed by atoms with Gasteiger partial charge in [0.15, 0.2) is 0 Å². The van der Waals surface area contributed by atoms with E-state index in [1.807, 2.05) is 36.9 Å². The van der Waals surface area contributed by atoms with Gasteiger partial charge in [-0.15, -0.1) is 0 Å². The van der Waals surface area contributed by atoms with Crippen molar-refractivity contribution in [3.8, 4) is 0 Å². The Morgan fingerprint density at radius 1 is 1.14 bits per heavy atom. The van der Waals surface area contributed by atoms with Crippen LogP contribution in [0.1, 0.15) is 43.3 Å². The number of likely N-dealkylation sites (N-methyl/N-ethyl adjacent to an activating group) is 1. The monoisotopic (exact) mass is 392 g/mol. The number of carbonyl (C=O) groups excluding carboxylic acids is 1. The van der Waals surface area contributed by atoms with Gasteiger partial charge in [-0.05, 0) is 37.6 Å². The number of rotatable bonds is 8. The van der Waals surface area contributed by atoms with E-state index in [9.17, 15) is 9.59 Å². The Morgan fingerprint density at radius 3 is 2.55 bits per heavy atom. The van der Waals surface area contributed by atoms with E-state index in [0.29, 0.717) is 29.8 Å². The SMILES string of the molecule is CC[C@@H](NC(=O)CN(CC)Cc1nc2ccccc2c(=O)[nH]1)c1ccc(C)cc1. The molecule has 0 saturated carbocycles. The molecule has 0 aliphatic heterocycles. The molecule has 0 bridgehead atoms. The molecule has 0 fully saturated rings. The van der Waals surface area contributed by atoms with E-state index in [0.717, 1.165) is 12.0 Å². The predicted molar refractivity (Wildman–Crippen MR) is 116 cm³/mol. The molecular weight excluding hydrogens is 364 g/mol. The van der Waals surface area contributed by atoms with Gasteiger partial charge in [0.2, 0.25) is 5.91 Å². The zero-order chi connectivity index (χ0) is 20.8. The van der Waals surface area contributed by atoms with E-state index < -0.39 is 0 Å².